The highest BCUT2D eigenvalue weighted by molar-refractivity contribution is 5.99. The second-order valence-electron chi connectivity index (χ2n) is 8.43. The van der Waals surface area contributed by atoms with Gasteiger partial charge in [-0.1, -0.05) is 18.2 Å². The van der Waals surface area contributed by atoms with Gasteiger partial charge in [0.2, 0.25) is 5.76 Å². The van der Waals surface area contributed by atoms with Crippen molar-refractivity contribution in [3.8, 4) is 17.2 Å². The molecule has 7 nitrogen and oxygen atoms in total. The molecule has 0 bridgehead atoms. The van der Waals surface area contributed by atoms with Crippen molar-refractivity contribution in [2.75, 3.05) is 27.9 Å². The molecule has 0 saturated carbocycles. The topological polar surface area (TPSA) is 78.2 Å². The summed E-state index contributed by atoms with van der Waals surface area (Å²) in [6.45, 7) is 0.296. The standard InChI is InChI=1S/C28H24FNO6/c1-33-19-6-4-5-17(14-19)25-24-26(31)20-15-18(29)8-10-21(20)36-27(24)28(32)30(25)12-11-16-7-9-22(34-2)23(13-16)35-3/h4-10,13-15,25H,11-12H2,1-3H3. The first-order valence-corrected chi connectivity index (χ1v) is 11.4. The van der Waals surface area contributed by atoms with E-state index in [1.807, 2.05) is 18.2 Å². The zero-order valence-electron chi connectivity index (χ0n) is 20.0. The molecular weight excluding hydrogens is 465 g/mol. The molecule has 184 valence electrons. The molecule has 1 aliphatic rings. The van der Waals surface area contributed by atoms with Gasteiger partial charge in [0, 0.05) is 6.54 Å². The molecule has 1 aliphatic heterocycles. The molecule has 0 aliphatic carbocycles. The highest BCUT2D eigenvalue weighted by atomic mass is 19.1. The zero-order chi connectivity index (χ0) is 25.4. The Bertz CT molecular complexity index is 1530. The Balaban J connectivity index is 1.60. The molecule has 2 heterocycles. The third kappa shape index (κ3) is 3.94. The fourth-order valence-corrected chi connectivity index (χ4v) is 4.67. The van der Waals surface area contributed by atoms with Crippen LogP contribution in [0.2, 0.25) is 0 Å². The van der Waals surface area contributed by atoms with E-state index in [1.54, 1.807) is 50.5 Å². The summed E-state index contributed by atoms with van der Waals surface area (Å²) < 4.78 is 35.9. The van der Waals surface area contributed by atoms with Gasteiger partial charge in [0.05, 0.1) is 38.3 Å². The van der Waals surface area contributed by atoms with E-state index in [9.17, 15) is 14.0 Å². The van der Waals surface area contributed by atoms with Crippen molar-refractivity contribution < 1.29 is 27.8 Å². The van der Waals surface area contributed by atoms with Crippen LogP contribution in [0.25, 0.3) is 11.0 Å². The van der Waals surface area contributed by atoms with Gasteiger partial charge in [-0.05, 0) is 60.0 Å². The molecule has 4 aromatic rings. The number of rotatable bonds is 7. The lowest BCUT2D eigenvalue weighted by Gasteiger charge is -2.25. The number of halogens is 1. The van der Waals surface area contributed by atoms with E-state index < -0.39 is 23.2 Å². The molecule has 1 aromatic heterocycles. The molecule has 0 spiro atoms. The van der Waals surface area contributed by atoms with E-state index in [-0.39, 0.29) is 22.3 Å². The zero-order valence-corrected chi connectivity index (χ0v) is 20.0. The Morgan fingerprint density at radius 3 is 2.47 bits per heavy atom. The molecule has 0 saturated heterocycles. The van der Waals surface area contributed by atoms with Gasteiger partial charge in [-0.2, -0.15) is 0 Å². The third-order valence-electron chi connectivity index (χ3n) is 6.43. The van der Waals surface area contributed by atoms with Crippen molar-refractivity contribution >= 4 is 16.9 Å². The van der Waals surface area contributed by atoms with Crippen LogP contribution in [-0.4, -0.2) is 38.7 Å². The fourth-order valence-electron chi connectivity index (χ4n) is 4.67. The maximum absolute atomic E-state index is 14.0. The second kappa shape index (κ2) is 9.37. The van der Waals surface area contributed by atoms with Crippen LogP contribution in [0.1, 0.15) is 33.3 Å². The minimum Gasteiger partial charge on any atom is -0.497 e. The van der Waals surface area contributed by atoms with Gasteiger partial charge in [0.15, 0.2) is 16.9 Å². The number of fused-ring (bicyclic) bond motifs is 2. The summed E-state index contributed by atoms with van der Waals surface area (Å²) in [5.41, 5.74) is 1.54. The first-order valence-electron chi connectivity index (χ1n) is 11.4. The van der Waals surface area contributed by atoms with Crippen molar-refractivity contribution in [3.63, 3.8) is 0 Å². The minimum absolute atomic E-state index is 0.0285. The lowest BCUT2D eigenvalue weighted by molar-refractivity contribution is 0.0730. The van der Waals surface area contributed by atoms with Crippen molar-refractivity contribution in [1.82, 2.24) is 4.90 Å². The molecule has 0 N–H and O–H groups in total. The van der Waals surface area contributed by atoms with Crippen LogP contribution in [0.5, 0.6) is 17.2 Å². The van der Waals surface area contributed by atoms with E-state index in [0.29, 0.717) is 35.8 Å². The molecule has 3 aromatic carbocycles. The smallest absolute Gasteiger partial charge is 0.290 e. The number of amides is 1. The maximum atomic E-state index is 14.0. The van der Waals surface area contributed by atoms with Crippen molar-refractivity contribution in [2.24, 2.45) is 0 Å². The van der Waals surface area contributed by atoms with Crippen molar-refractivity contribution in [1.29, 1.82) is 0 Å². The van der Waals surface area contributed by atoms with E-state index in [4.69, 9.17) is 18.6 Å². The third-order valence-corrected chi connectivity index (χ3v) is 6.43. The monoisotopic (exact) mass is 489 g/mol. The number of ether oxygens (including phenoxy) is 3. The predicted molar refractivity (Wildman–Crippen MR) is 132 cm³/mol. The average molecular weight is 489 g/mol. The molecule has 1 amide bonds. The van der Waals surface area contributed by atoms with Gasteiger partial charge in [-0.25, -0.2) is 4.39 Å². The van der Waals surface area contributed by atoms with Crippen molar-refractivity contribution in [3.05, 3.63) is 99.2 Å². The Morgan fingerprint density at radius 1 is 0.917 bits per heavy atom. The molecule has 36 heavy (non-hydrogen) atoms. The minimum atomic E-state index is -0.716. The molecular formula is C28H24FNO6. The van der Waals surface area contributed by atoms with E-state index in [1.165, 1.54) is 12.1 Å². The van der Waals surface area contributed by atoms with Gasteiger partial charge >= 0.3 is 0 Å². The molecule has 5 rings (SSSR count). The SMILES string of the molecule is COc1cccc(C2c3c(oc4ccc(F)cc4c3=O)C(=O)N2CCc2ccc(OC)c(OC)c2)c1. The lowest BCUT2D eigenvalue weighted by atomic mass is 9.98. The molecule has 0 fully saturated rings. The number of nitrogens with zero attached hydrogens (tertiary/aromatic N) is 1. The Morgan fingerprint density at radius 2 is 1.72 bits per heavy atom. The van der Waals surface area contributed by atoms with Gasteiger partial charge in [-0.3, -0.25) is 9.59 Å². The summed E-state index contributed by atoms with van der Waals surface area (Å²) in [5, 5.41) is 0.0937. The van der Waals surface area contributed by atoms with Crippen molar-refractivity contribution in [2.45, 2.75) is 12.5 Å². The molecule has 0 radical (unpaired) electrons. The second-order valence-corrected chi connectivity index (χ2v) is 8.43. The maximum Gasteiger partial charge on any atom is 0.290 e. The number of hydrogen-bond donors (Lipinski definition) is 0. The van der Waals surface area contributed by atoms with Crippen LogP contribution in [0.3, 0.4) is 0 Å². The Labute approximate surface area is 206 Å². The summed E-state index contributed by atoms with van der Waals surface area (Å²) in [6.07, 6.45) is 0.489. The summed E-state index contributed by atoms with van der Waals surface area (Å²) in [4.78, 5) is 28.8. The van der Waals surface area contributed by atoms with Crippen LogP contribution in [0, 0.1) is 5.82 Å². The van der Waals surface area contributed by atoms with Gasteiger partial charge in [0.25, 0.3) is 5.91 Å². The normalized spacial score (nSPS) is 14.7. The number of carbonyl (C=O) groups excluding carboxylic acids is 1. The average Bonchev–Trinajstić information content (AvgIpc) is 3.19. The van der Waals surface area contributed by atoms with E-state index >= 15 is 0 Å². The molecule has 1 unspecified atom stereocenters. The highest BCUT2D eigenvalue weighted by Crippen LogP contribution is 2.39. The number of carbonyl (C=O) groups is 1. The van der Waals surface area contributed by atoms with Crippen LogP contribution in [0.4, 0.5) is 4.39 Å². The van der Waals surface area contributed by atoms with E-state index in [0.717, 1.165) is 11.6 Å². The van der Waals surface area contributed by atoms with Gasteiger partial charge < -0.3 is 23.5 Å². The Kier molecular flexibility index (Phi) is 6.10. The number of hydrogen-bond acceptors (Lipinski definition) is 6. The highest BCUT2D eigenvalue weighted by Gasteiger charge is 2.42. The fraction of sp³-hybridized carbons (Fsp3) is 0.214. The first-order chi connectivity index (χ1) is 17.4. The van der Waals surface area contributed by atoms with Crippen LogP contribution >= 0.6 is 0 Å². The van der Waals surface area contributed by atoms with Crippen LogP contribution in [-0.2, 0) is 6.42 Å². The quantitative estimate of drug-likeness (QED) is 0.373. The van der Waals surface area contributed by atoms with Crippen LogP contribution in [0.15, 0.2) is 69.9 Å². The van der Waals surface area contributed by atoms with Gasteiger partial charge in [0.1, 0.15) is 17.1 Å². The molecule has 1 atom stereocenters. The lowest BCUT2D eigenvalue weighted by Crippen LogP contribution is -2.31. The summed E-state index contributed by atoms with van der Waals surface area (Å²) >= 11 is 0. The summed E-state index contributed by atoms with van der Waals surface area (Å²) in [6, 6.07) is 15.7. The number of methoxy groups -OCH3 is 3. The largest absolute Gasteiger partial charge is 0.497 e. The Hall–Kier alpha value is -4.33. The predicted octanol–water partition coefficient (Wildman–Crippen LogP) is 4.75. The molecule has 8 heteroatoms. The first kappa shape index (κ1) is 23.4. The van der Waals surface area contributed by atoms with E-state index in [2.05, 4.69) is 0 Å². The van der Waals surface area contributed by atoms with Crippen LogP contribution < -0.4 is 19.6 Å². The number of benzene rings is 3. The van der Waals surface area contributed by atoms with Gasteiger partial charge in [-0.15, -0.1) is 0 Å². The summed E-state index contributed by atoms with van der Waals surface area (Å²) in [7, 11) is 4.68. The summed E-state index contributed by atoms with van der Waals surface area (Å²) in [5.74, 6) is 0.794.